The Morgan fingerprint density at radius 3 is 3.00 bits per heavy atom. The number of rotatable bonds is 4. The highest BCUT2D eigenvalue weighted by Crippen LogP contribution is 2.24. The third-order valence-corrected chi connectivity index (χ3v) is 3.48. The zero-order valence-electron chi connectivity index (χ0n) is 7.75. The van der Waals surface area contributed by atoms with Crippen LogP contribution >= 0.6 is 11.8 Å². The summed E-state index contributed by atoms with van der Waals surface area (Å²) in [6.45, 7) is 3.62. The zero-order valence-corrected chi connectivity index (χ0v) is 8.57. The van der Waals surface area contributed by atoms with Gasteiger partial charge in [0.25, 0.3) is 0 Å². The molecule has 0 radical (unpaired) electrons. The summed E-state index contributed by atoms with van der Waals surface area (Å²) in [5, 5.41) is 13.1. The molecule has 1 aliphatic rings. The number of hydrogen-bond acceptors (Lipinski definition) is 3. The molecule has 72 valence electrons. The van der Waals surface area contributed by atoms with Crippen LogP contribution in [0.2, 0.25) is 0 Å². The highest BCUT2D eigenvalue weighted by molar-refractivity contribution is 7.99. The Balaban J connectivity index is 1.98. The molecule has 2 nitrogen and oxygen atoms in total. The highest BCUT2D eigenvalue weighted by Gasteiger charge is 2.12. The van der Waals surface area contributed by atoms with Gasteiger partial charge in [-0.25, -0.2) is 0 Å². The Hall–Kier alpha value is 0.270. The normalized spacial score (nSPS) is 27.0. The van der Waals surface area contributed by atoms with Crippen molar-refractivity contribution in [3.63, 3.8) is 0 Å². The van der Waals surface area contributed by atoms with Crippen LogP contribution in [-0.4, -0.2) is 35.3 Å². The predicted molar refractivity (Wildman–Crippen MR) is 54.6 cm³/mol. The first kappa shape index (κ1) is 10.4. The molecule has 0 amide bonds. The first-order valence-electron chi connectivity index (χ1n) is 4.79. The van der Waals surface area contributed by atoms with Crippen molar-refractivity contribution in [2.24, 2.45) is 0 Å². The lowest BCUT2D eigenvalue weighted by molar-refractivity contribution is 0.191. The quantitative estimate of drug-likeness (QED) is 0.698. The van der Waals surface area contributed by atoms with Crippen LogP contribution in [-0.2, 0) is 0 Å². The standard InChI is InChI=1S/C9H19NOS/c1-8(11)6-10-7-9-4-2-3-5-12-9/h8-11H,2-7H2,1H3/t8-,9?/m1/s1. The van der Waals surface area contributed by atoms with Crippen molar-refractivity contribution in [2.45, 2.75) is 37.5 Å². The van der Waals surface area contributed by atoms with Crippen molar-refractivity contribution in [1.29, 1.82) is 0 Å². The minimum Gasteiger partial charge on any atom is -0.392 e. The van der Waals surface area contributed by atoms with Crippen molar-refractivity contribution in [1.82, 2.24) is 5.32 Å². The van der Waals surface area contributed by atoms with E-state index >= 15 is 0 Å². The second-order valence-electron chi connectivity index (χ2n) is 3.50. The Bertz CT molecular complexity index is 113. The van der Waals surface area contributed by atoms with Crippen LogP contribution in [0.15, 0.2) is 0 Å². The van der Waals surface area contributed by atoms with E-state index in [1.54, 1.807) is 0 Å². The summed E-state index contributed by atoms with van der Waals surface area (Å²) in [6, 6.07) is 0. The van der Waals surface area contributed by atoms with E-state index in [0.29, 0.717) is 0 Å². The van der Waals surface area contributed by atoms with Crippen LogP contribution in [0.5, 0.6) is 0 Å². The average Bonchev–Trinajstić information content (AvgIpc) is 2.05. The van der Waals surface area contributed by atoms with Gasteiger partial charge in [0, 0.05) is 18.3 Å². The molecule has 1 fully saturated rings. The number of thioether (sulfide) groups is 1. The molecular weight excluding hydrogens is 170 g/mol. The Labute approximate surface area is 79.1 Å². The van der Waals surface area contributed by atoms with Crippen LogP contribution in [0.25, 0.3) is 0 Å². The fourth-order valence-electron chi connectivity index (χ4n) is 1.42. The molecule has 1 aliphatic heterocycles. The molecule has 0 aliphatic carbocycles. The average molecular weight is 189 g/mol. The van der Waals surface area contributed by atoms with E-state index in [1.807, 2.05) is 6.92 Å². The van der Waals surface area contributed by atoms with Gasteiger partial charge in [-0.1, -0.05) is 6.42 Å². The van der Waals surface area contributed by atoms with Gasteiger partial charge in [0.15, 0.2) is 0 Å². The van der Waals surface area contributed by atoms with E-state index in [0.717, 1.165) is 18.3 Å². The molecule has 1 rings (SSSR count). The van der Waals surface area contributed by atoms with Gasteiger partial charge in [0.05, 0.1) is 6.10 Å². The second-order valence-corrected chi connectivity index (χ2v) is 4.90. The lowest BCUT2D eigenvalue weighted by Gasteiger charge is -2.21. The van der Waals surface area contributed by atoms with Crippen molar-refractivity contribution in [2.75, 3.05) is 18.8 Å². The van der Waals surface area contributed by atoms with E-state index in [1.165, 1.54) is 25.0 Å². The van der Waals surface area contributed by atoms with E-state index in [2.05, 4.69) is 17.1 Å². The van der Waals surface area contributed by atoms with Crippen LogP contribution in [0.1, 0.15) is 26.2 Å². The van der Waals surface area contributed by atoms with Gasteiger partial charge in [-0.3, -0.25) is 0 Å². The minimum absolute atomic E-state index is 0.210. The second kappa shape index (κ2) is 5.84. The van der Waals surface area contributed by atoms with E-state index in [4.69, 9.17) is 5.11 Å². The van der Waals surface area contributed by atoms with Gasteiger partial charge in [-0.05, 0) is 25.5 Å². The summed E-state index contributed by atoms with van der Waals surface area (Å²) in [4.78, 5) is 0. The Kier molecular flexibility index (Phi) is 5.04. The Morgan fingerprint density at radius 2 is 2.42 bits per heavy atom. The summed E-state index contributed by atoms with van der Waals surface area (Å²) in [6.07, 6.45) is 3.90. The molecule has 0 aromatic rings. The monoisotopic (exact) mass is 189 g/mol. The summed E-state index contributed by atoms with van der Waals surface area (Å²) in [7, 11) is 0. The number of hydrogen-bond donors (Lipinski definition) is 2. The number of nitrogens with one attached hydrogen (secondary N) is 1. The summed E-state index contributed by atoms with van der Waals surface area (Å²) < 4.78 is 0. The summed E-state index contributed by atoms with van der Waals surface area (Å²) >= 11 is 2.07. The van der Waals surface area contributed by atoms with Crippen molar-refractivity contribution in [3.8, 4) is 0 Å². The van der Waals surface area contributed by atoms with Gasteiger partial charge in [0.2, 0.25) is 0 Å². The molecular formula is C9H19NOS. The first-order valence-corrected chi connectivity index (χ1v) is 5.84. The Morgan fingerprint density at radius 1 is 1.58 bits per heavy atom. The molecule has 0 saturated carbocycles. The number of aliphatic hydroxyl groups is 1. The lowest BCUT2D eigenvalue weighted by Crippen LogP contribution is -2.31. The van der Waals surface area contributed by atoms with E-state index in [-0.39, 0.29) is 6.10 Å². The van der Waals surface area contributed by atoms with Crippen LogP contribution in [0, 0.1) is 0 Å². The molecule has 2 N–H and O–H groups in total. The molecule has 0 aromatic heterocycles. The molecule has 0 aromatic carbocycles. The van der Waals surface area contributed by atoms with Crippen LogP contribution < -0.4 is 5.32 Å². The molecule has 1 saturated heterocycles. The smallest absolute Gasteiger partial charge is 0.0636 e. The molecule has 0 spiro atoms. The van der Waals surface area contributed by atoms with Gasteiger partial charge in [0.1, 0.15) is 0 Å². The molecule has 3 heteroatoms. The summed E-state index contributed by atoms with van der Waals surface area (Å²) in [5.74, 6) is 1.32. The van der Waals surface area contributed by atoms with Gasteiger partial charge < -0.3 is 10.4 Å². The third-order valence-electron chi connectivity index (χ3n) is 2.09. The van der Waals surface area contributed by atoms with E-state index < -0.39 is 0 Å². The minimum atomic E-state index is -0.210. The number of aliphatic hydroxyl groups excluding tert-OH is 1. The molecule has 1 heterocycles. The van der Waals surface area contributed by atoms with Gasteiger partial charge in [-0.2, -0.15) is 11.8 Å². The fraction of sp³-hybridized carbons (Fsp3) is 1.00. The predicted octanol–water partition coefficient (Wildman–Crippen LogP) is 1.24. The van der Waals surface area contributed by atoms with Crippen LogP contribution in [0.3, 0.4) is 0 Å². The van der Waals surface area contributed by atoms with Crippen LogP contribution in [0.4, 0.5) is 0 Å². The fourth-order valence-corrected chi connectivity index (χ4v) is 2.69. The third kappa shape index (κ3) is 4.33. The van der Waals surface area contributed by atoms with Crippen molar-refractivity contribution < 1.29 is 5.11 Å². The summed E-state index contributed by atoms with van der Waals surface area (Å²) in [5.41, 5.74) is 0. The molecule has 1 unspecified atom stereocenters. The van der Waals surface area contributed by atoms with Crippen molar-refractivity contribution in [3.05, 3.63) is 0 Å². The maximum Gasteiger partial charge on any atom is 0.0636 e. The molecule has 2 atom stereocenters. The zero-order chi connectivity index (χ0) is 8.81. The van der Waals surface area contributed by atoms with E-state index in [9.17, 15) is 0 Å². The maximum atomic E-state index is 9.01. The van der Waals surface area contributed by atoms with Gasteiger partial charge >= 0.3 is 0 Å². The molecule has 12 heavy (non-hydrogen) atoms. The SMILES string of the molecule is C[C@@H](O)CNCC1CCCCS1. The van der Waals surface area contributed by atoms with Gasteiger partial charge in [-0.15, -0.1) is 0 Å². The molecule has 0 bridgehead atoms. The lowest BCUT2D eigenvalue weighted by atomic mass is 10.2. The first-order chi connectivity index (χ1) is 5.79. The maximum absolute atomic E-state index is 9.01. The highest BCUT2D eigenvalue weighted by atomic mass is 32.2. The van der Waals surface area contributed by atoms with Crippen molar-refractivity contribution >= 4 is 11.8 Å². The largest absolute Gasteiger partial charge is 0.392 e. The topological polar surface area (TPSA) is 32.3 Å².